The standard InChI is InChI=1S/C24H25N3O6S2/c1-4-33-21(29)12-16-13-35-24(26-16)27-20(28)14-34-17-8-5-7-15(11-17)25-23(30)22-18(31-2)9-6-10-19(22)32-3/h5-11,13H,4,12,14H2,1-3H3,(H,25,30)(H,26,27,28). The zero-order valence-electron chi connectivity index (χ0n) is 19.5. The minimum atomic E-state index is -0.374. The van der Waals surface area contributed by atoms with E-state index in [0.29, 0.717) is 40.2 Å². The first-order chi connectivity index (χ1) is 16.9. The Morgan fingerprint density at radius 3 is 2.43 bits per heavy atom. The topological polar surface area (TPSA) is 116 Å². The first-order valence-corrected chi connectivity index (χ1v) is 12.4. The average Bonchev–Trinajstić information content (AvgIpc) is 3.28. The van der Waals surface area contributed by atoms with E-state index in [1.165, 1.54) is 37.3 Å². The number of nitrogens with one attached hydrogen (secondary N) is 2. The molecule has 0 saturated heterocycles. The zero-order chi connectivity index (χ0) is 25.2. The third-order valence-electron chi connectivity index (χ3n) is 4.55. The summed E-state index contributed by atoms with van der Waals surface area (Å²) in [7, 11) is 2.97. The molecule has 2 amide bonds. The molecule has 184 valence electrons. The molecule has 35 heavy (non-hydrogen) atoms. The Kier molecular flexibility index (Phi) is 9.50. The molecule has 1 aromatic heterocycles. The van der Waals surface area contributed by atoms with Gasteiger partial charge in [0.2, 0.25) is 5.91 Å². The van der Waals surface area contributed by atoms with Crippen LogP contribution in [0.5, 0.6) is 11.5 Å². The van der Waals surface area contributed by atoms with E-state index in [1.54, 1.807) is 48.7 Å². The number of carbonyl (C=O) groups is 3. The number of benzene rings is 2. The van der Waals surface area contributed by atoms with E-state index >= 15 is 0 Å². The number of amides is 2. The number of ether oxygens (including phenoxy) is 3. The quantitative estimate of drug-likeness (QED) is 0.288. The largest absolute Gasteiger partial charge is 0.496 e. The summed E-state index contributed by atoms with van der Waals surface area (Å²) in [5, 5.41) is 7.70. The van der Waals surface area contributed by atoms with Crippen LogP contribution in [0.15, 0.2) is 52.7 Å². The van der Waals surface area contributed by atoms with Crippen molar-refractivity contribution in [1.82, 2.24) is 4.98 Å². The lowest BCUT2D eigenvalue weighted by Crippen LogP contribution is -2.15. The second kappa shape index (κ2) is 12.8. The Balaban J connectivity index is 1.57. The molecule has 9 nitrogen and oxygen atoms in total. The van der Waals surface area contributed by atoms with Crippen molar-refractivity contribution in [2.24, 2.45) is 0 Å². The van der Waals surface area contributed by atoms with Crippen molar-refractivity contribution < 1.29 is 28.6 Å². The molecule has 11 heteroatoms. The molecule has 0 radical (unpaired) electrons. The van der Waals surface area contributed by atoms with Crippen LogP contribution in [0, 0.1) is 0 Å². The third kappa shape index (κ3) is 7.46. The molecule has 0 spiro atoms. The molecule has 0 unspecified atom stereocenters. The molecule has 0 atom stereocenters. The van der Waals surface area contributed by atoms with Crippen molar-refractivity contribution in [3.63, 3.8) is 0 Å². The van der Waals surface area contributed by atoms with E-state index in [1.807, 2.05) is 6.07 Å². The van der Waals surface area contributed by atoms with Crippen molar-refractivity contribution in [2.75, 3.05) is 37.2 Å². The second-order valence-electron chi connectivity index (χ2n) is 6.98. The fourth-order valence-corrected chi connectivity index (χ4v) is 4.52. The van der Waals surface area contributed by atoms with Crippen LogP contribution in [0.25, 0.3) is 0 Å². The fourth-order valence-electron chi connectivity index (χ4n) is 3.04. The van der Waals surface area contributed by atoms with Crippen LogP contribution in [-0.4, -0.2) is 49.3 Å². The lowest BCUT2D eigenvalue weighted by atomic mass is 10.1. The van der Waals surface area contributed by atoms with Crippen molar-refractivity contribution in [1.29, 1.82) is 0 Å². The molecule has 0 aliphatic rings. The Morgan fingerprint density at radius 2 is 1.74 bits per heavy atom. The molecule has 3 rings (SSSR count). The van der Waals surface area contributed by atoms with Crippen molar-refractivity contribution in [3.8, 4) is 11.5 Å². The van der Waals surface area contributed by atoms with E-state index in [0.717, 1.165) is 4.90 Å². The maximum absolute atomic E-state index is 12.9. The van der Waals surface area contributed by atoms with Crippen LogP contribution in [0.3, 0.4) is 0 Å². The minimum absolute atomic E-state index is 0.0637. The van der Waals surface area contributed by atoms with Crippen molar-refractivity contribution in [3.05, 3.63) is 59.1 Å². The maximum Gasteiger partial charge on any atom is 0.311 e. The van der Waals surface area contributed by atoms with E-state index in [2.05, 4.69) is 15.6 Å². The van der Waals surface area contributed by atoms with E-state index in [9.17, 15) is 14.4 Å². The summed E-state index contributed by atoms with van der Waals surface area (Å²) in [6, 6.07) is 12.3. The van der Waals surface area contributed by atoms with Crippen LogP contribution in [-0.2, 0) is 20.7 Å². The second-order valence-corrected chi connectivity index (χ2v) is 8.89. The zero-order valence-corrected chi connectivity index (χ0v) is 21.1. The van der Waals surface area contributed by atoms with Gasteiger partial charge in [0.1, 0.15) is 17.1 Å². The van der Waals surface area contributed by atoms with Gasteiger partial charge in [-0.3, -0.25) is 14.4 Å². The number of rotatable bonds is 11. The molecule has 0 saturated carbocycles. The van der Waals surface area contributed by atoms with Crippen LogP contribution in [0.1, 0.15) is 23.0 Å². The molecule has 3 aromatic rings. The van der Waals surface area contributed by atoms with Crippen LogP contribution in [0.4, 0.5) is 10.8 Å². The summed E-state index contributed by atoms with van der Waals surface area (Å²) in [6.07, 6.45) is 0.0637. The monoisotopic (exact) mass is 515 g/mol. The van der Waals surface area contributed by atoms with Gasteiger partial charge in [0.25, 0.3) is 5.91 Å². The number of thiazole rings is 1. The number of hydrogen-bond donors (Lipinski definition) is 2. The normalized spacial score (nSPS) is 10.4. The molecular weight excluding hydrogens is 490 g/mol. The minimum Gasteiger partial charge on any atom is -0.496 e. The number of methoxy groups -OCH3 is 2. The number of aromatic nitrogens is 1. The van der Waals surface area contributed by atoms with Crippen LogP contribution in [0.2, 0.25) is 0 Å². The van der Waals surface area contributed by atoms with Gasteiger partial charge < -0.3 is 24.8 Å². The molecule has 1 heterocycles. The molecule has 0 aliphatic carbocycles. The summed E-state index contributed by atoms with van der Waals surface area (Å²) >= 11 is 2.56. The molecule has 0 aliphatic heterocycles. The highest BCUT2D eigenvalue weighted by Crippen LogP contribution is 2.30. The van der Waals surface area contributed by atoms with Gasteiger partial charge in [-0.2, -0.15) is 0 Å². The SMILES string of the molecule is CCOC(=O)Cc1csc(NC(=O)CSc2cccc(NC(=O)c3c(OC)cccc3OC)c2)n1. The maximum atomic E-state index is 12.9. The third-order valence-corrected chi connectivity index (χ3v) is 6.35. The fraction of sp³-hybridized carbons (Fsp3) is 0.250. The summed E-state index contributed by atoms with van der Waals surface area (Å²) in [5.74, 6) is -0.0256. The van der Waals surface area contributed by atoms with Gasteiger partial charge in [0.05, 0.1) is 38.7 Å². The predicted molar refractivity (Wildman–Crippen MR) is 136 cm³/mol. The van der Waals surface area contributed by atoms with Gasteiger partial charge in [0.15, 0.2) is 5.13 Å². The molecular formula is C24H25N3O6S2. The average molecular weight is 516 g/mol. The molecule has 2 N–H and O–H groups in total. The summed E-state index contributed by atoms with van der Waals surface area (Å²) in [6.45, 7) is 2.05. The van der Waals surface area contributed by atoms with Crippen molar-refractivity contribution in [2.45, 2.75) is 18.2 Å². The highest BCUT2D eigenvalue weighted by atomic mass is 32.2. The number of esters is 1. The number of thioether (sulfide) groups is 1. The highest BCUT2D eigenvalue weighted by Gasteiger charge is 2.18. The first kappa shape index (κ1) is 26.0. The predicted octanol–water partition coefficient (Wildman–Crippen LogP) is 4.25. The first-order valence-electron chi connectivity index (χ1n) is 10.6. The van der Waals surface area contributed by atoms with E-state index in [-0.39, 0.29) is 30.0 Å². The number of nitrogens with zero attached hydrogens (tertiary/aromatic N) is 1. The number of carbonyl (C=O) groups excluding carboxylic acids is 3. The van der Waals surface area contributed by atoms with E-state index in [4.69, 9.17) is 14.2 Å². The Hall–Kier alpha value is -3.57. The Bertz CT molecular complexity index is 1180. The van der Waals surface area contributed by atoms with Crippen molar-refractivity contribution >= 4 is 51.7 Å². The Labute approximate surface area is 211 Å². The molecule has 0 fully saturated rings. The molecule has 0 bridgehead atoms. The highest BCUT2D eigenvalue weighted by molar-refractivity contribution is 8.00. The van der Waals surface area contributed by atoms with Gasteiger partial charge in [-0.25, -0.2) is 4.98 Å². The Morgan fingerprint density at radius 1 is 1.03 bits per heavy atom. The summed E-state index contributed by atoms with van der Waals surface area (Å²) < 4.78 is 15.5. The summed E-state index contributed by atoms with van der Waals surface area (Å²) in [4.78, 5) is 41.8. The van der Waals surface area contributed by atoms with E-state index < -0.39 is 0 Å². The van der Waals surface area contributed by atoms with Gasteiger partial charge in [-0.1, -0.05) is 12.1 Å². The smallest absolute Gasteiger partial charge is 0.311 e. The molecule has 2 aromatic carbocycles. The summed E-state index contributed by atoms with van der Waals surface area (Å²) in [5.41, 5.74) is 1.41. The van der Waals surface area contributed by atoms with Gasteiger partial charge >= 0.3 is 5.97 Å². The lowest BCUT2D eigenvalue weighted by molar-refractivity contribution is -0.142. The van der Waals surface area contributed by atoms with Gasteiger partial charge in [-0.15, -0.1) is 23.1 Å². The number of anilines is 2. The number of hydrogen-bond acceptors (Lipinski definition) is 9. The lowest BCUT2D eigenvalue weighted by Gasteiger charge is -2.13. The van der Waals surface area contributed by atoms with Gasteiger partial charge in [-0.05, 0) is 37.3 Å². The van der Waals surface area contributed by atoms with Crippen LogP contribution < -0.4 is 20.1 Å². The van der Waals surface area contributed by atoms with Gasteiger partial charge in [0, 0.05) is 16.0 Å². The van der Waals surface area contributed by atoms with Crippen LogP contribution >= 0.6 is 23.1 Å².